The summed E-state index contributed by atoms with van der Waals surface area (Å²) in [6.07, 6.45) is 77.7. The van der Waals surface area contributed by atoms with E-state index in [9.17, 15) is 9.90 Å². The maximum Gasteiger partial charge on any atom is 0.306 e. The molecule has 1 atom stereocenters. The number of rotatable bonds is 41. The van der Waals surface area contributed by atoms with Crippen LogP contribution < -0.4 is 0 Å². The Morgan fingerprint density at radius 1 is 0.407 bits per heavy atom. The van der Waals surface area contributed by atoms with Gasteiger partial charge in [0.15, 0.2) is 0 Å². The summed E-state index contributed by atoms with van der Waals surface area (Å²) in [6.45, 7) is 5.01. The molecule has 4 nitrogen and oxygen atoms in total. The van der Waals surface area contributed by atoms with Crippen molar-refractivity contribution in [3.63, 3.8) is 0 Å². The minimum atomic E-state index is -0.572. The number of allylic oxidation sites excluding steroid dienone is 24. The van der Waals surface area contributed by atoms with Gasteiger partial charge in [0, 0.05) is 13.0 Å². The van der Waals surface area contributed by atoms with Crippen molar-refractivity contribution in [1.82, 2.24) is 0 Å². The number of aliphatic hydroxyl groups is 1. The molecule has 0 bridgehead atoms. The molecule has 0 rings (SSSR count). The fourth-order valence-corrected chi connectivity index (χ4v) is 5.74. The second-order valence-corrected chi connectivity index (χ2v) is 14.7. The third-order valence-corrected chi connectivity index (χ3v) is 9.16. The fraction of sp³-hybridized carbons (Fsp3) is 0.545. The zero-order valence-electron chi connectivity index (χ0n) is 37.7. The highest BCUT2D eigenvalue weighted by Gasteiger charge is 2.13. The lowest BCUT2D eigenvalue weighted by Crippen LogP contribution is -2.27. The molecule has 1 N–H and O–H groups in total. The van der Waals surface area contributed by atoms with Crippen LogP contribution in [0.15, 0.2) is 146 Å². The molecule has 0 aliphatic heterocycles. The summed E-state index contributed by atoms with van der Waals surface area (Å²) in [7, 11) is 0. The molecule has 0 saturated heterocycles. The first-order valence-electron chi connectivity index (χ1n) is 23.4. The number of carbonyl (C=O) groups is 1. The topological polar surface area (TPSA) is 55.8 Å². The minimum Gasteiger partial charge on any atom is -0.457 e. The van der Waals surface area contributed by atoms with E-state index in [0.29, 0.717) is 13.0 Å². The lowest BCUT2D eigenvalue weighted by atomic mass is 10.1. The van der Waals surface area contributed by atoms with Crippen molar-refractivity contribution in [2.45, 2.75) is 174 Å². The Kier molecular flexibility index (Phi) is 47.2. The van der Waals surface area contributed by atoms with Gasteiger partial charge in [0.25, 0.3) is 0 Å². The van der Waals surface area contributed by atoms with E-state index in [4.69, 9.17) is 9.47 Å². The van der Waals surface area contributed by atoms with Gasteiger partial charge in [-0.1, -0.05) is 192 Å². The predicted octanol–water partition coefficient (Wildman–Crippen LogP) is 16.0. The van der Waals surface area contributed by atoms with Crippen molar-refractivity contribution in [3.05, 3.63) is 146 Å². The van der Waals surface area contributed by atoms with Crippen LogP contribution in [0.25, 0.3) is 0 Å². The number of aliphatic hydroxyl groups excluding tert-OH is 1. The van der Waals surface area contributed by atoms with Crippen LogP contribution in [0.2, 0.25) is 0 Å². The minimum absolute atomic E-state index is 0.202. The van der Waals surface area contributed by atoms with Crippen LogP contribution in [-0.2, 0) is 14.3 Å². The van der Waals surface area contributed by atoms with E-state index in [1.165, 1.54) is 25.7 Å². The molecule has 0 radical (unpaired) electrons. The Hall–Kier alpha value is -3.73. The molecule has 4 heteroatoms. The summed E-state index contributed by atoms with van der Waals surface area (Å²) >= 11 is 0. The van der Waals surface area contributed by atoms with Crippen molar-refractivity contribution in [1.29, 1.82) is 0 Å². The Balaban J connectivity index is 3.62. The third kappa shape index (κ3) is 48.5. The highest BCUT2D eigenvalue weighted by Crippen LogP contribution is 2.10. The van der Waals surface area contributed by atoms with E-state index in [0.717, 1.165) is 122 Å². The van der Waals surface area contributed by atoms with Gasteiger partial charge in [0.2, 0.25) is 0 Å². The summed E-state index contributed by atoms with van der Waals surface area (Å²) in [5, 5.41) is 9.63. The number of hydrogen-bond donors (Lipinski definition) is 1. The van der Waals surface area contributed by atoms with Crippen LogP contribution in [0.1, 0.15) is 168 Å². The third-order valence-electron chi connectivity index (χ3n) is 9.16. The molecule has 0 aromatic carbocycles. The van der Waals surface area contributed by atoms with Gasteiger partial charge in [0.1, 0.15) is 6.10 Å². The number of esters is 1. The van der Waals surface area contributed by atoms with Gasteiger partial charge in [-0.3, -0.25) is 4.79 Å². The summed E-state index contributed by atoms with van der Waals surface area (Å²) in [5.74, 6) is -0.236. The van der Waals surface area contributed by atoms with E-state index in [1.54, 1.807) is 0 Å². The molecule has 330 valence electrons. The monoisotopic (exact) mass is 811 g/mol. The highest BCUT2D eigenvalue weighted by atomic mass is 16.6. The Labute approximate surface area is 363 Å². The quantitative estimate of drug-likeness (QED) is 0.0380. The van der Waals surface area contributed by atoms with Crippen molar-refractivity contribution < 1.29 is 19.4 Å². The highest BCUT2D eigenvalue weighted by molar-refractivity contribution is 5.69. The van der Waals surface area contributed by atoms with Gasteiger partial charge in [-0.25, -0.2) is 0 Å². The largest absolute Gasteiger partial charge is 0.457 e. The van der Waals surface area contributed by atoms with E-state index in [2.05, 4.69) is 160 Å². The van der Waals surface area contributed by atoms with Crippen LogP contribution in [0.5, 0.6) is 0 Å². The van der Waals surface area contributed by atoms with E-state index in [1.807, 2.05) is 0 Å². The Morgan fingerprint density at radius 2 is 0.712 bits per heavy atom. The standard InChI is InChI=1S/C55H86O4/c1-3-5-7-9-11-13-15-17-19-21-23-25-26-27-28-29-31-33-35-37-39-41-43-45-47-49-51-58-53-54(52-56)59-55(57)50-48-46-44-42-40-38-36-34-32-30-24-22-20-18-16-14-12-10-8-6-4-2/h5-8,11-14,17-20,23-25,27-28,30-31,33-34,36-37,39,54,56H,3-4,9-10,15-16,21-22,26,29,32,35,38,40-53H2,1-2H3/b7-5-,8-6-,13-11-,14-12-,19-17-,20-18-,25-23-,28-27-,30-24-,33-31-,36-34-,39-37-. The smallest absolute Gasteiger partial charge is 0.306 e. The molecule has 0 saturated carbocycles. The van der Waals surface area contributed by atoms with Gasteiger partial charge < -0.3 is 14.6 Å². The molecule has 0 spiro atoms. The average molecular weight is 811 g/mol. The molecule has 0 aromatic heterocycles. The van der Waals surface area contributed by atoms with E-state index < -0.39 is 6.10 Å². The van der Waals surface area contributed by atoms with Gasteiger partial charge in [-0.05, 0) is 116 Å². The number of carbonyl (C=O) groups excluding carboxylic acids is 1. The lowest BCUT2D eigenvalue weighted by molar-refractivity contribution is -0.154. The SMILES string of the molecule is CC/C=C\C/C=C\C/C=C\C/C=C\C/C=C\C/C=C\C/C=C\CCCCCCOCC(CO)OC(=O)CCCCCCC/C=C\C/C=C\C/C=C\C/C=C\C/C=C\CC. The van der Waals surface area contributed by atoms with E-state index >= 15 is 0 Å². The first-order valence-corrected chi connectivity index (χ1v) is 23.4. The van der Waals surface area contributed by atoms with Crippen molar-refractivity contribution in [2.75, 3.05) is 19.8 Å². The zero-order chi connectivity index (χ0) is 42.6. The Morgan fingerprint density at radius 3 is 1.07 bits per heavy atom. The summed E-state index contributed by atoms with van der Waals surface area (Å²) in [6, 6.07) is 0. The van der Waals surface area contributed by atoms with Crippen molar-refractivity contribution in [3.8, 4) is 0 Å². The van der Waals surface area contributed by atoms with Gasteiger partial charge in [-0.2, -0.15) is 0 Å². The number of unbranched alkanes of at least 4 members (excludes halogenated alkanes) is 9. The molecule has 0 heterocycles. The Bertz CT molecular complexity index is 1270. The molecule has 0 aromatic rings. The lowest BCUT2D eigenvalue weighted by Gasteiger charge is -2.15. The number of hydrogen-bond acceptors (Lipinski definition) is 4. The normalized spacial score (nSPS) is 13.7. The average Bonchev–Trinajstić information content (AvgIpc) is 3.24. The van der Waals surface area contributed by atoms with Gasteiger partial charge in [-0.15, -0.1) is 0 Å². The summed E-state index contributed by atoms with van der Waals surface area (Å²) in [5.41, 5.74) is 0. The first-order chi connectivity index (χ1) is 29.2. The molecule has 59 heavy (non-hydrogen) atoms. The summed E-state index contributed by atoms with van der Waals surface area (Å²) < 4.78 is 11.1. The van der Waals surface area contributed by atoms with E-state index in [-0.39, 0.29) is 19.2 Å². The molecule has 0 aliphatic rings. The van der Waals surface area contributed by atoms with Crippen LogP contribution in [-0.4, -0.2) is 37.0 Å². The summed E-state index contributed by atoms with van der Waals surface area (Å²) in [4.78, 5) is 12.2. The van der Waals surface area contributed by atoms with Crippen LogP contribution in [0.3, 0.4) is 0 Å². The first kappa shape index (κ1) is 55.3. The molecule has 0 aliphatic carbocycles. The predicted molar refractivity (Wildman–Crippen MR) is 260 cm³/mol. The second kappa shape index (κ2) is 50.4. The molecule has 0 amide bonds. The second-order valence-electron chi connectivity index (χ2n) is 14.7. The van der Waals surface area contributed by atoms with Gasteiger partial charge >= 0.3 is 5.97 Å². The van der Waals surface area contributed by atoms with Crippen molar-refractivity contribution in [2.24, 2.45) is 0 Å². The molecule has 1 unspecified atom stereocenters. The molecular formula is C55H86O4. The van der Waals surface area contributed by atoms with Crippen LogP contribution in [0.4, 0.5) is 0 Å². The number of ether oxygens (including phenoxy) is 2. The van der Waals surface area contributed by atoms with Gasteiger partial charge in [0.05, 0.1) is 13.2 Å². The maximum absolute atomic E-state index is 12.2. The molecule has 0 fully saturated rings. The fourth-order valence-electron chi connectivity index (χ4n) is 5.74. The van der Waals surface area contributed by atoms with Crippen molar-refractivity contribution >= 4 is 5.97 Å². The molecular weight excluding hydrogens is 725 g/mol. The maximum atomic E-state index is 12.2. The van der Waals surface area contributed by atoms with Crippen LogP contribution in [0, 0.1) is 0 Å². The van der Waals surface area contributed by atoms with Crippen LogP contribution >= 0.6 is 0 Å². The zero-order valence-corrected chi connectivity index (χ0v) is 37.7.